The second kappa shape index (κ2) is 3.90. The lowest BCUT2D eigenvalue weighted by Gasteiger charge is -2.44. The largest absolute Gasteiger partial charge is 0.323 e. The molecule has 17 heavy (non-hydrogen) atoms. The number of nitrogens with zero attached hydrogens (tertiary/aromatic N) is 1. The maximum atomic E-state index is 12.0. The smallest absolute Gasteiger partial charge is 0.310 e. The SMILES string of the molecule is CC1SCCCC12C(=N)NC(=O)N2CC1CC1. The van der Waals surface area contributed by atoms with E-state index in [9.17, 15) is 4.79 Å². The molecule has 2 saturated heterocycles. The Balaban J connectivity index is 1.91. The van der Waals surface area contributed by atoms with E-state index in [0.29, 0.717) is 17.0 Å². The summed E-state index contributed by atoms with van der Waals surface area (Å²) in [5, 5.41) is 11.2. The van der Waals surface area contributed by atoms with Crippen LogP contribution in [0.15, 0.2) is 0 Å². The van der Waals surface area contributed by atoms with Crippen LogP contribution in [-0.2, 0) is 0 Å². The molecule has 3 rings (SSSR count). The molecule has 5 heteroatoms. The van der Waals surface area contributed by atoms with Gasteiger partial charge in [0, 0.05) is 11.8 Å². The topological polar surface area (TPSA) is 56.2 Å². The van der Waals surface area contributed by atoms with Crippen LogP contribution in [0, 0.1) is 11.3 Å². The molecular formula is C12H19N3OS. The molecule has 3 fully saturated rings. The van der Waals surface area contributed by atoms with Crippen LogP contribution < -0.4 is 5.32 Å². The van der Waals surface area contributed by atoms with E-state index < -0.39 is 0 Å². The van der Waals surface area contributed by atoms with Crippen molar-refractivity contribution < 1.29 is 4.79 Å². The van der Waals surface area contributed by atoms with Gasteiger partial charge in [0.1, 0.15) is 11.4 Å². The molecule has 2 amide bonds. The first-order chi connectivity index (χ1) is 8.14. The third-order valence-electron chi connectivity index (χ3n) is 4.27. The fraction of sp³-hybridized carbons (Fsp3) is 0.833. The van der Waals surface area contributed by atoms with Gasteiger partial charge in [0.25, 0.3) is 0 Å². The molecule has 1 aliphatic carbocycles. The van der Waals surface area contributed by atoms with Crippen LogP contribution in [0.4, 0.5) is 4.79 Å². The van der Waals surface area contributed by atoms with Crippen molar-refractivity contribution in [2.45, 2.75) is 43.4 Å². The molecule has 2 atom stereocenters. The number of nitrogens with one attached hydrogen (secondary N) is 2. The van der Waals surface area contributed by atoms with E-state index >= 15 is 0 Å². The number of urea groups is 1. The van der Waals surface area contributed by atoms with Crippen LogP contribution in [0.1, 0.15) is 32.6 Å². The van der Waals surface area contributed by atoms with Crippen LogP contribution in [0.2, 0.25) is 0 Å². The molecule has 0 radical (unpaired) electrons. The fourth-order valence-corrected chi connectivity index (χ4v) is 4.33. The van der Waals surface area contributed by atoms with E-state index in [1.807, 2.05) is 16.7 Å². The van der Waals surface area contributed by atoms with E-state index in [0.717, 1.165) is 25.1 Å². The van der Waals surface area contributed by atoms with Gasteiger partial charge in [-0.2, -0.15) is 11.8 Å². The van der Waals surface area contributed by atoms with E-state index in [-0.39, 0.29) is 11.6 Å². The Morgan fingerprint density at radius 1 is 1.59 bits per heavy atom. The minimum absolute atomic E-state index is 0.0451. The average molecular weight is 253 g/mol. The van der Waals surface area contributed by atoms with Gasteiger partial charge in [0.15, 0.2) is 0 Å². The quantitative estimate of drug-likeness (QED) is 0.791. The monoisotopic (exact) mass is 253 g/mol. The van der Waals surface area contributed by atoms with Crippen LogP contribution in [0.3, 0.4) is 0 Å². The Labute approximate surface area is 106 Å². The van der Waals surface area contributed by atoms with E-state index in [1.54, 1.807) is 0 Å². The van der Waals surface area contributed by atoms with Crippen LogP contribution in [-0.4, -0.2) is 39.9 Å². The molecule has 1 saturated carbocycles. The van der Waals surface area contributed by atoms with Gasteiger partial charge in [0.05, 0.1) is 0 Å². The molecule has 3 aliphatic rings. The highest BCUT2D eigenvalue weighted by Crippen LogP contribution is 2.43. The summed E-state index contributed by atoms with van der Waals surface area (Å²) in [7, 11) is 0. The number of hydrogen-bond donors (Lipinski definition) is 2. The standard InChI is InChI=1S/C12H19N3OS/c1-8-12(5-2-6-17-8)10(13)14-11(16)15(12)7-9-3-4-9/h8-9H,2-7H2,1H3,(H2,13,14,16). The summed E-state index contributed by atoms with van der Waals surface area (Å²) in [6.07, 6.45) is 4.54. The third-order valence-corrected chi connectivity index (χ3v) is 5.69. The summed E-state index contributed by atoms with van der Waals surface area (Å²) in [6.45, 7) is 3.01. The van der Waals surface area contributed by atoms with Crippen molar-refractivity contribution in [1.29, 1.82) is 5.41 Å². The van der Waals surface area contributed by atoms with Crippen molar-refractivity contribution in [2.24, 2.45) is 5.92 Å². The summed E-state index contributed by atoms with van der Waals surface area (Å²) >= 11 is 1.90. The highest BCUT2D eigenvalue weighted by molar-refractivity contribution is 8.00. The lowest BCUT2D eigenvalue weighted by molar-refractivity contribution is 0.160. The second-order valence-corrected chi connectivity index (χ2v) is 6.85. The Hall–Kier alpha value is -0.710. The van der Waals surface area contributed by atoms with E-state index in [4.69, 9.17) is 5.41 Å². The molecule has 2 aliphatic heterocycles. The van der Waals surface area contributed by atoms with Crippen molar-refractivity contribution in [1.82, 2.24) is 10.2 Å². The first-order valence-electron chi connectivity index (χ1n) is 6.44. The van der Waals surface area contributed by atoms with Crippen molar-refractivity contribution in [3.05, 3.63) is 0 Å². The Morgan fingerprint density at radius 3 is 3.00 bits per heavy atom. The van der Waals surface area contributed by atoms with Crippen LogP contribution in [0.5, 0.6) is 0 Å². The number of amidine groups is 1. The number of carbonyl (C=O) groups excluding carboxylic acids is 1. The Bertz CT molecular complexity index is 369. The molecule has 1 spiro atoms. The normalized spacial score (nSPS) is 37.7. The minimum atomic E-state index is -0.331. The van der Waals surface area contributed by atoms with Gasteiger partial charge in [-0.05, 0) is 37.4 Å². The summed E-state index contributed by atoms with van der Waals surface area (Å²) < 4.78 is 0. The predicted octanol–water partition coefficient (Wildman–Crippen LogP) is 2.05. The van der Waals surface area contributed by atoms with Crippen molar-refractivity contribution in [2.75, 3.05) is 12.3 Å². The Kier molecular flexibility index (Phi) is 2.61. The van der Waals surface area contributed by atoms with Gasteiger partial charge >= 0.3 is 6.03 Å². The molecule has 2 unspecified atom stereocenters. The van der Waals surface area contributed by atoms with Gasteiger partial charge in [-0.25, -0.2) is 4.79 Å². The number of hydrogen-bond acceptors (Lipinski definition) is 3. The number of amides is 2. The lowest BCUT2D eigenvalue weighted by atomic mass is 9.87. The zero-order valence-corrected chi connectivity index (χ0v) is 11.0. The number of rotatable bonds is 2. The predicted molar refractivity (Wildman–Crippen MR) is 69.6 cm³/mol. The van der Waals surface area contributed by atoms with Crippen LogP contribution in [0.25, 0.3) is 0 Å². The summed E-state index contributed by atoms with van der Waals surface area (Å²) in [5.74, 6) is 2.27. The van der Waals surface area contributed by atoms with E-state index in [1.165, 1.54) is 12.8 Å². The Morgan fingerprint density at radius 2 is 2.35 bits per heavy atom. The average Bonchev–Trinajstić information content (AvgIpc) is 3.07. The van der Waals surface area contributed by atoms with Gasteiger partial charge in [0.2, 0.25) is 0 Å². The minimum Gasteiger partial charge on any atom is -0.310 e. The highest BCUT2D eigenvalue weighted by Gasteiger charge is 2.55. The van der Waals surface area contributed by atoms with Gasteiger partial charge in [-0.3, -0.25) is 10.7 Å². The van der Waals surface area contributed by atoms with Crippen molar-refractivity contribution in [3.63, 3.8) is 0 Å². The molecule has 0 bridgehead atoms. The maximum absolute atomic E-state index is 12.0. The van der Waals surface area contributed by atoms with E-state index in [2.05, 4.69) is 12.2 Å². The molecule has 4 nitrogen and oxygen atoms in total. The molecule has 2 N–H and O–H groups in total. The van der Waals surface area contributed by atoms with Crippen molar-refractivity contribution in [3.8, 4) is 0 Å². The molecule has 0 aromatic carbocycles. The zero-order chi connectivity index (χ0) is 12.0. The molecule has 0 aromatic rings. The first kappa shape index (κ1) is 11.4. The highest BCUT2D eigenvalue weighted by atomic mass is 32.2. The van der Waals surface area contributed by atoms with Gasteiger partial charge < -0.3 is 4.90 Å². The zero-order valence-electron chi connectivity index (χ0n) is 10.2. The lowest BCUT2D eigenvalue weighted by Crippen LogP contribution is -2.57. The van der Waals surface area contributed by atoms with Gasteiger partial charge in [-0.1, -0.05) is 6.92 Å². The number of carbonyl (C=O) groups is 1. The fourth-order valence-electron chi connectivity index (χ4n) is 3.03. The second-order valence-electron chi connectivity index (χ2n) is 5.40. The molecule has 0 aromatic heterocycles. The first-order valence-corrected chi connectivity index (χ1v) is 7.49. The summed E-state index contributed by atoms with van der Waals surface area (Å²) in [6, 6.07) is -0.0451. The molecule has 94 valence electrons. The summed E-state index contributed by atoms with van der Waals surface area (Å²) in [5.41, 5.74) is -0.331. The summed E-state index contributed by atoms with van der Waals surface area (Å²) in [4.78, 5) is 14.0. The maximum Gasteiger partial charge on any atom is 0.323 e. The molecule has 2 heterocycles. The van der Waals surface area contributed by atoms with Crippen molar-refractivity contribution >= 4 is 23.6 Å². The number of thioether (sulfide) groups is 1. The third kappa shape index (κ3) is 1.66. The van der Waals surface area contributed by atoms with Crippen LogP contribution >= 0.6 is 11.8 Å². The molecular weight excluding hydrogens is 234 g/mol. The van der Waals surface area contributed by atoms with Gasteiger partial charge in [-0.15, -0.1) is 0 Å².